The summed E-state index contributed by atoms with van der Waals surface area (Å²) in [7, 11) is -4.16. The number of nitrogen functional groups attached to an aromatic ring is 1. The van der Waals surface area contributed by atoms with Crippen molar-refractivity contribution in [3.8, 4) is 0 Å². The third-order valence-electron chi connectivity index (χ3n) is 2.27. The highest BCUT2D eigenvalue weighted by atomic mass is 79.9. The van der Waals surface area contributed by atoms with Crippen molar-refractivity contribution in [2.75, 3.05) is 5.73 Å². The highest BCUT2D eigenvalue weighted by Gasteiger charge is 2.24. The normalized spacial score (nSPS) is 11.8. The number of nitrogens with zero attached hydrogens (tertiary/aromatic N) is 2. The summed E-state index contributed by atoms with van der Waals surface area (Å²) in [6.07, 6.45) is 1.04. The van der Waals surface area contributed by atoms with Crippen LogP contribution in [0.3, 0.4) is 0 Å². The third kappa shape index (κ3) is 2.92. The quantitative estimate of drug-likeness (QED) is 0.612. The van der Waals surface area contributed by atoms with E-state index < -0.39 is 26.4 Å². The molecule has 0 saturated heterocycles. The fourth-order valence-electron chi connectivity index (χ4n) is 1.30. The molecule has 108 valence electrons. The van der Waals surface area contributed by atoms with Crippen molar-refractivity contribution in [1.29, 1.82) is 0 Å². The van der Waals surface area contributed by atoms with E-state index in [1.54, 1.807) is 0 Å². The van der Waals surface area contributed by atoms with Gasteiger partial charge >= 0.3 is 0 Å². The molecule has 0 aliphatic rings. The number of benzene rings is 1. The number of anilines is 1. The van der Waals surface area contributed by atoms with Gasteiger partial charge in [-0.1, -0.05) is 16.8 Å². The van der Waals surface area contributed by atoms with Gasteiger partial charge in [-0.2, -0.15) is 4.98 Å². The zero-order valence-corrected chi connectivity index (χ0v) is 12.8. The van der Waals surface area contributed by atoms with Gasteiger partial charge in [-0.3, -0.25) is 0 Å². The van der Waals surface area contributed by atoms with E-state index in [4.69, 9.17) is 17.3 Å². The summed E-state index contributed by atoms with van der Waals surface area (Å²) >= 11 is 8.73. The molecule has 20 heavy (non-hydrogen) atoms. The van der Waals surface area contributed by atoms with E-state index >= 15 is 0 Å². The zero-order valence-electron chi connectivity index (χ0n) is 9.60. The number of nitrogens with one attached hydrogen (secondary N) is 1. The molecule has 0 bridgehead atoms. The smallest absolute Gasteiger partial charge is 0.244 e. The van der Waals surface area contributed by atoms with Crippen molar-refractivity contribution < 1.29 is 17.3 Å². The lowest BCUT2D eigenvalue weighted by molar-refractivity contribution is 0.409. The second kappa shape index (κ2) is 5.64. The average Bonchev–Trinajstić information content (AvgIpc) is 2.91. The molecule has 0 amide bonds. The second-order valence-corrected chi connectivity index (χ2v) is 6.51. The predicted molar refractivity (Wildman–Crippen MR) is 71.8 cm³/mol. The minimum atomic E-state index is -4.16. The first-order valence-corrected chi connectivity index (χ1v) is 7.66. The van der Waals surface area contributed by atoms with Crippen LogP contribution in [-0.4, -0.2) is 18.6 Å². The molecule has 2 aromatic rings. The van der Waals surface area contributed by atoms with Crippen molar-refractivity contribution in [3.63, 3.8) is 0 Å². The molecular formula is C9H7BrClFN4O3S. The molecule has 1 aromatic carbocycles. The Labute approximate surface area is 126 Å². The van der Waals surface area contributed by atoms with Crippen LogP contribution in [0.4, 0.5) is 10.1 Å². The molecule has 0 aliphatic heterocycles. The fourth-order valence-corrected chi connectivity index (χ4v) is 2.96. The Bertz CT molecular complexity index is 738. The molecular weight excluding hydrogens is 379 g/mol. The van der Waals surface area contributed by atoms with Crippen molar-refractivity contribution in [2.45, 2.75) is 11.4 Å². The van der Waals surface area contributed by atoms with Gasteiger partial charge in [-0.05, 0) is 22.0 Å². The summed E-state index contributed by atoms with van der Waals surface area (Å²) < 4.78 is 44.6. The maximum atomic E-state index is 13.9. The van der Waals surface area contributed by atoms with Crippen molar-refractivity contribution in [1.82, 2.24) is 14.9 Å². The Kier molecular flexibility index (Phi) is 4.28. The number of nitrogens with two attached hydrogens (primary N) is 1. The zero-order chi connectivity index (χ0) is 14.9. The van der Waals surface area contributed by atoms with Gasteiger partial charge in [0.25, 0.3) is 0 Å². The topological polar surface area (TPSA) is 111 Å². The van der Waals surface area contributed by atoms with Gasteiger partial charge in [0.1, 0.15) is 4.90 Å². The number of aromatic nitrogens is 2. The summed E-state index contributed by atoms with van der Waals surface area (Å²) in [6.45, 7) is -0.258. The minimum absolute atomic E-state index is 0.0242. The number of sulfonamides is 1. The number of hydrogen-bond donors (Lipinski definition) is 2. The largest absolute Gasteiger partial charge is 0.395 e. The molecule has 0 unspecified atom stereocenters. The molecule has 0 atom stereocenters. The Morgan fingerprint density at radius 1 is 1.55 bits per heavy atom. The monoisotopic (exact) mass is 384 g/mol. The summed E-state index contributed by atoms with van der Waals surface area (Å²) in [5.74, 6) is -0.993. The Morgan fingerprint density at radius 2 is 2.25 bits per heavy atom. The lowest BCUT2D eigenvalue weighted by atomic mass is 10.3. The minimum Gasteiger partial charge on any atom is -0.395 e. The summed E-state index contributed by atoms with van der Waals surface area (Å²) in [5.41, 5.74) is 5.04. The van der Waals surface area contributed by atoms with E-state index in [9.17, 15) is 12.8 Å². The van der Waals surface area contributed by atoms with Crippen LogP contribution in [0.25, 0.3) is 0 Å². The van der Waals surface area contributed by atoms with Crippen LogP contribution in [0, 0.1) is 5.82 Å². The van der Waals surface area contributed by atoms with Crippen molar-refractivity contribution in [3.05, 3.63) is 33.6 Å². The highest BCUT2D eigenvalue weighted by molar-refractivity contribution is 9.10. The molecule has 11 heteroatoms. The number of halogens is 3. The molecule has 0 spiro atoms. The van der Waals surface area contributed by atoms with Gasteiger partial charge in [0, 0.05) is 0 Å². The van der Waals surface area contributed by atoms with Gasteiger partial charge < -0.3 is 10.3 Å². The van der Waals surface area contributed by atoms with E-state index in [-0.39, 0.29) is 21.9 Å². The van der Waals surface area contributed by atoms with Gasteiger partial charge in [0.05, 0.1) is 21.7 Å². The molecule has 0 fully saturated rings. The number of rotatable bonds is 4. The molecule has 7 nitrogen and oxygen atoms in total. The van der Waals surface area contributed by atoms with Crippen molar-refractivity contribution >= 4 is 43.2 Å². The van der Waals surface area contributed by atoms with Gasteiger partial charge in [-0.25, -0.2) is 17.5 Å². The average molecular weight is 386 g/mol. The first-order chi connectivity index (χ1) is 9.33. The highest BCUT2D eigenvalue weighted by Crippen LogP contribution is 2.34. The maximum Gasteiger partial charge on any atom is 0.244 e. The molecule has 2 rings (SSSR count). The molecule has 0 radical (unpaired) electrons. The lowest BCUT2D eigenvalue weighted by Gasteiger charge is -2.10. The van der Waals surface area contributed by atoms with Crippen LogP contribution in [0.2, 0.25) is 5.02 Å². The van der Waals surface area contributed by atoms with E-state index in [0.29, 0.717) is 0 Å². The lowest BCUT2D eigenvalue weighted by Crippen LogP contribution is -2.25. The summed E-state index contributed by atoms with van der Waals surface area (Å²) in [4.78, 5) is 2.97. The van der Waals surface area contributed by atoms with E-state index in [2.05, 4.69) is 35.3 Å². The second-order valence-electron chi connectivity index (χ2n) is 3.57. The number of hydrogen-bond acceptors (Lipinski definition) is 6. The summed E-state index contributed by atoms with van der Waals surface area (Å²) in [5, 5.41) is 3.40. The summed E-state index contributed by atoms with van der Waals surface area (Å²) in [6, 6.07) is 0.954. The SMILES string of the molecule is Nc1c(F)c(S(=O)(=O)NCc2ncon2)cc(Cl)c1Br. The first kappa shape index (κ1) is 15.2. The Balaban J connectivity index is 2.35. The Hall–Kier alpha value is -1.23. The maximum absolute atomic E-state index is 13.9. The molecule has 1 heterocycles. The molecule has 0 saturated carbocycles. The first-order valence-electron chi connectivity index (χ1n) is 5.01. The van der Waals surface area contributed by atoms with Gasteiger partial charge in [0.2, 0.25) is 16.4 Å². The van der Waals surface area contributed by atoms with E-state index in [1.807, 2.05) is 0 Å². The molecule has 0 aliphatic carbocycles. The van der Waals surface area contributed by atoms with Crippen LogP contribution in [-0.2, 0) is 16.6 Å². The van der Waals surface area contributed by atoms with Gasteiger partial charge in [-0.15, -0.1) is 0 Å². The van der Waals surface area contributed by atoms with Gasteiger partial charge in [0.15, 0.2) is 11.6 Å². The van der Waals surface area contributed by atoms with Crippen LogP contribution in [0.1, 0.15) is 5.82 Å². The predicted octanol–water partition coefficient (Wildman–Crippen LogP) is 1.69. The van der Waals surface area contributed by atoms with Crippen molar-refractivity contribution in [2.24, 2.45) is 0 Å². The van der Waals surface area contributed by atoms with Crippen LogP contribution in [0.5, 0.6) is 0 Å². The standard InChI is InChI=1S/C9H7BrClFN4O3S/c10-7-4(11)1-5(8(12)9(7)13)20(17,18)15-2-6-14-3-19-16-6/h1,3,15H,2,13H2. The molecule has 3 N–H and O–H groups in total. The fraction of sp³-hybridized carbons (Fsp3) is 0.111. The Morgan fingerprint density at radius 3 is 2.85 bits per heavy atom. The van der Waals surface area contributed by atoms with Crippen LogP contribution in [0.15, 0.2) is 26.4 Å². The van der Waals surface area contributed by atoms with E-state index in [0.717, 1.165) is 12.5 Å². The molecule has 1 aromatic heterocycles. The van der Waals surface area contributed by atoms with Crippen LogP contribution >= 0.6 is 27.5 Å². The van der Waals surface area contributed by atoms with Crippen LogP contribution < -0.4 is 10.5 Å². The third-order valence-corrected chi connectivity index (χ3v) is 5.05. The van der Waals surface area contributed by atoms with E-state index in [1.165, 1.54) is 0 Å².